The fraction of sp³-hybridized carbons (Fsp3) is 0.174. The average molecular weight is 501 g/mol. The van der Waals surface area contributed by atoms with Crippen LogP contribution in [0.1, 0.15) is 27.3 Å². The highest BCUT2D eigenvalue weighted by molar-refractivity contribution is 9.10. The minimum absolute atomic E-state index is 0.0292. The number of carbonyl (C=O) groups excluding carboxylic acids is 1. The van der Waals surface area contributed by atoms with E-state index in [-0.39, 0.29) is 17.0 Å². The zero-order valence-corrected chi connectivity index (χ0v) is 18.2. The number of halogens is 4. The summed E-state index contributed by atoms with van der Waals surface area (Å²) in [4.78, 5) is 19.0. The fourth-order valence-electron chi connectivity index (χ4n) is 3.88. The SMILES string of the molecule is O=C(c1cc2nc(-c3ccc(Br)cc3)cc(C(F)(F)F)n2n1)N1CCc2ccccc2C1. The minimum atomic E-state index is -4.66. The zero-order chi connectivity index (χ0) is 22.5. The molecule has 0 spiro atoms. The van der Waals surface area contributed by atoms with Crippen LogP contribution < -0.4 is 0 Å². The molecule has 162 valence electrons. The van der Waals surface area contributed by atoms with E-state index in [1.807, 2.05) is 24.3 Å². The van der Waals surface area contributed by atoms with Gasteiger partial charge in [0, 0.05) is 29.2 Å². The number of alkyl halides is 3. The maximum atomic E-state index is 13.8. The van der Waals surface area contributed by atoms with Gasteiger partial charge >= 0.3 is 6.18 Å². The summed E-state index contributed by atoms with van der Waals surface area (Å²) in [6.07, 6.45) is -3.98. The van der Waals surface area contributed by atoms with Crippen molar-refractivity contribution in [1.29, 1.82) is 0 Å². The van der Waals surface area contributed by atoms with Gasteiger partial charge in [-0.25, -0.2) is 9.50 Å². The molecule has 0 radical (unpaired) electrons. The normalized spacial score (nSPS) is 13.9. The van der Waals surface area contributed by atoms with Crippen LogP contribution in [0, 0.1) is 0 Å². The molecule has 3 heterocycles. The van der Waals surface area contributed by atoms with Crippen molar-refractivity contribution in [2.24, 2.45) is 0 Å². The second-order valence-electron chi connectivity index (χ2n) is 7.58. The largest absolute Gasteiger partial charge is 0.433 e. The Morgan fingerprint density at radius 1 is 1.00 bits per heavy atom. The van der Waals surface area contributed by atoms with Gasteiger partial charge < -0.3 is 4.90 Å². The first-order chi connectivity index (χ1) is 15.3. The van der Waals surface area contributed by atoms with E-state index in [0.717, 1.165) is 16.1 Å². The molecule has 0 unspecified atom stereocenters. The summed E-state index contributed by atoms with van der Waals surface area (Å²) in [5, 5.41) is 3.99. The zero-order valence-electron chi connectivity index (χ0n) is 16.6. The number of amides is 1. The van der Waals surface area contributed by atoms with Gasteiger partial charge in [0.05, 0.1) is 5.69 Å². The van der Waals surface area contributed by atoms with Crippen molar-refractivity contribution in [3.05, 3.63) is 87.7 Å². The van der Waals surface area contributed by atoms with Gasteiger partial charge in [0.2, 0.25) is 0 Å². The van der Waals surface area contributed by atoms with Crippen LogP contribution >= 0.6 is 15.9 Å². The first-order valence-corrected chi connectivity index (χ1v) is 10.7. The Hall–Kier alpha value is -3.20. The molecule has 5 rings (SSSR count). The molecular formula is C23H16BrF3N4O. The molecule has 0 atom stereocenters. The lowest BCUT2D eigenvalue weighted by atomic mass is 10.00. The molecular weight excluding hydrogens is 485 g/mol. The number of rotatable bonds is 2. The number of hydrogen-bond donors (Lipinski definition) is 0. The number of aromatic nitrogens is 3. The van der Waals surface area contributed by atoms with Crippen LogP contribution in [0.3, 0.4) is 0 Å². The van der Waals surface area contributed by atoms with Crippen LogP contribution in [0.25, 0.3) is 16.9 Å². The Balaban J connectivity index is 1.55. The third-order valence-electron chi connectivity index (χ3n) is 5.49. The van der Waals surface area contributed by atoms with Crippen LogP contribution in [0.5, 0.6) is 0 Å². The van der Waals surface area contributed by atoms with E-state index < -0.39 is 17.8 Å². The van der Waals surface area contributed by atoms with Gasteiger partial charge in [0.25, 0.3) is 5.91 Å². The topological polar surface area (TPSA) is 50.5 Å². The van der Waals surface area contributed by atoms with Gasteiger partial charge in [0.15, 0.2) is 17.0 Å². The molecule has 2 aromatic carbocycles. The first kappa shape index (κ1) is 20.7. The highest BCUT2D eigenvalue weighted by Crippen LogP contribution is 2.33. The monoisotopic (exact) mass is 500 g/mol. The lowest BCUT2D eigenvalue weighted by Crippen LogP contribution is -2.36. The van der Waals surface area contributed by atoms with E-state index in [1.165, 1.54) is 11.6 Å². The quantitative estimate of drug-likeness (QED) is 0.371. The van der Waals surface area contributed by atoms with E-state index in [1.54, 1.807) is 29.2 Å². The Labute approximate surface area is 189 Å². The number of benzene rings is 2. The van der Waals surface area contributed by atoms with Crippen molar-refractivity contribution in [2.75, 3.05) is 6.54 Å². The number of hydrogen-bond acceptors (Lipinski definition) is 3. The minimum Gasteiger partial charge on any atom is -0.333 e. The molecule has 0 saturated carbocycles. The molecule has 0 bridgehead atoms. The second-order valence-corrected chi connectivity index (χ2v) is 8.49. The summed E-state index contributed by atoms with van der Waals surface area (Å²) in [5.74, 6) is -0.414. The van der Waals surface area contributed by atoms with Crippen LogP contribution in [-0.2, 0) is 19.1 Å². The molecule has 0 fully saturated rings. The van der Waals surface area contributed by atoms with Crippen molar-refractivity contribution < 1.29 is 18.0 Å². The van der Waals surface area contributed by atoms with Crippen LogP contribution in [0.2, 0.25) is 0 Å². The number of carbonyl (C=O) groups is 1. The molecule has 9 heteroatoms. The van der Waals surface area contributed by atoms with Crippen molar-refractivity contribution in [3.8, 4) is 11.3 Å². The first-order valence-electron chi connectivity index (χ1n) is 9.89. The Kier molecular flexibility index (Phi) is 5.00. The summed E-state index contributed by atoms with van der Waals surface area (Å²) >= 11 is 3.31. The maximum Gasteiger partial charge on any atom is 0.433 e. The van der Waals surface area contributed by atoms with Crippen LogP contribution in [0.15, 0.2) is 65.1 Å². The van der Waals surface area contributed by atoms with Gasteiger partial charge in [-0.3, -0.25) is 4.79 Å². The standard InChI is InChI=1S/C23H16BrF3N4O/c24-17-7-5-15(6-8-17)18-11-20(23(25,26)27)31-21(28-18)12-19(29-31)22(32)30-10-9-14-3-1-2-4-16(14)13-30/h1-8,11-12H,9-10,13H2. The Morgan fingerprint density at radius 3 is 2.44 bits per heavy atom. The number of fused-ring (bicyclic) bond motifs is 2. The van der Waals surface area contributed by atoms with Gasteiger partial charge in [-0.2, -0.15) is 18.3 Å². The summed E-state index contributed by atoms with van der Waals surface area (Å²) < 4.78 is 43.0. The van der Waals surface area contributed by atoms with Crippen molar-refractivity contribution in [3.63, 3.8) is 0 Å². The molecule has 4 aromatic rings. The van der Waals surface area contributed by atoms with Gasteiger partial charge in [-0.1, -0.05) is 52.3 Å². The van der Waals surface area contributed by atoms with Crippen LogP contribution in [0.4, 0.5) is 13.2 Å². The molecule has 0 N–H and O–H groups in total. The number of nitrogens with zero attached hydrogens (tertiary/aromatic N) is 4. The van der Waals surface area contributed by atoms with Crippen LogP contribution in [-0.4, -0.2) is 31.9 Å². The molecule has 0 aliphatic carbocycles. The van der Waals surface area contributed by atoms with E-state index >= 15 is 0 Å². The summed E-state index contributed by atoms with van der Waals surface area (Å²) in [6, 6.07) is 16.9. The van der Waals surface area contributed by atoms with Gasteiger partial charge in [0.1, 0.15) is 0 Å². The molecule has 0 saturated heterocycles. The van der Waals surface area contributed by atoms with Crippen molar-refractivity contribution in [2.45, 2.75) is 19.1 Å². The maximum absolute atomic E-state index is 13.8. The third kappa shape index (κ3) is 3.77. The van der Waals surface area contributed by atoms with E-state index in [0.29, 0.717) is 29.6 Å². The second kappa shape index (κ2) is 7.74. The smallest absolute Gasteiger partial charge is 0.333 e. The molecule has 1 amide bonds. The third-order valence-corrected chi connectivity index (χ3v) is 6.02. The lowest BCUT2D eigenvalue weighted by Gasteiger charge is -2.28. The molecule has 5 nitrogen and oxygen atoms in total. The Bertz CT molecular complexity index is 1330. The van der Waals surface area contributed by atoms with Crippen molar-refractivity contribution in [1.82, 2.24) is 19.5 Å². The molecule has 1 aliphatic rings. The van der Waals surface area contributed by atoms with E-state index in [4.69, 9.17) is 0 Å². The summed E-state index contributed by atoms with van der Waals surface area (Å²) in [6.45, 7) is 0.875. The van der Waals surface area contributed by atoms with E-state index in [2.05, 4.69) is 26.0 Å². The average Bonchev–Trinajstić information content (AvgIpc) is 3.21. The predicted molar refractivity (Wildman–Crippen MR) is 116 cm³/mol. The lowest BCUT2D eigenvalue weighted by molar-refractivity contribution is -0.142. The van der Waals surface area contributed by atoms with Crippen molar-refractivity contribution >= 4 is 27.5 Å². The molecule has 1 aliphatic heterocycles. The van der Waals surface area contributed by atoms with Gasteiger partial charge in [-0.15, -0.1) is 0 Å². The fourth-order valence-corrected chi connectivity index (χ4v) is 4.14. The highest BCUT2D eigenvalue weighted by atomic mass is 79.9. The summed E-state index contributed by atoms with van der Waals surface area (Å²) in [7, 11) is 0. The van der Waals surface area contributed by atoms with Gasteiger partial charge in [-0.05, 0) is 35.7 Å². The Morgan fingerprint density at radius 2 is 1.72 bits per heavy atom. The highest BCUT2D eigenvalue weighted by Gasteiger charge is 2.36. The summed E-state index contributed by atoms with van der Waals surface area (Å²) in [5.41, 5.74) is 1.82. The molecule has 32 heavy (non-hydrogen) atoms. The predicted octanol–water partition coefficient (Wildman–Crippen LogP) is 5.38. The molecule has 2 aromatic heterocycles. The van der Waals surface area contributed by atoms with E-state index in [9.17, 15) is 18.0 Å².